The number of H-pyrrole nitrogens is 1. The Hall–Kier alpha value is -3.61. The van der Waals surface area contributed by atoms with Crippen LogP contribution in [-0.2, 0) is 0 Å². The number of hydrogen-bond donors (Lipinski definition) is 2. The molecule has 7 heteroatoms. The number of amides is 1. The van der Waals surface area contributed by atoms with Crippen LogP contribution in [0.3, 0.4) is 0 Å². The highest BCUT2D eigenvalue weighted by Gasteiger charge is 2.13. The molecule has 0 aliphatic rings. The highest BCUT2D eigenvalue weighted by Crippen LogP contribution is 2.28. The zero-order valence-electron chi connectivity index (χ0n) is 15.1. The van der Waals surface area contributed by atoms with Gasteiger partial charge in [0.15, 0.2) is 0 Å². The number of aromatic amines is 1. The van der Waals surface area contributed by atoms with Gasteiger partial charge in [-0.3, -0.25) is 9.89 Å². The predicted octanol–water partition coefficient (Wildman–Crippen LogP) is 3.25. The minimum atomic E-state index is -0.382. The molecule has 0 saturated heterocycles. The van der Waals surface area contributed by atoms with E-state index < -0.39 is 0 Å². The van der Waals surface area contributed by atoms with Crippen molar-refractivity contribution in [2.45, 2.75) is 6.92 Å². The average molecular weight is 364 g/mol. The smallest absolute Gasteiger partial charge is 0.289 e. The number of hydrogen-bond acceptors (Lipinski definition) is 5. The van der Waals surface area contributed by atoms with E-state index >= 15 is 0 Å². The molecule has 3 aromatic rings. The third-order valence-corrected chi connectivity index (χ3v) is 3.78. The van der Waals surface area contributed by atoms with Crippen molar-refractivity contribution in [1.29, 1.82) is 0 Å². The number of ether oxygens (including phenoxy) is 2. The summed E-state index contributed by atoms with van der Waals surface area (Å²) < 4.78 is 10.7. The van der Waals surface area contributed by atoms with Crippen LogP contribution in [0.4, 0.5) is 0 Å². The van der Waals surface area contributed by atoms with Crippen molar-refractivity contribution in [3.8, 4) is 22.8 Å². The lowest BCUT2D eigenvalue weighted by Crippen LogP contribution is -2.17. The molecule has 1 aromatic heterocycles. The zero-order valence-corrected chi connectivity index (χ0v) is 15.1. The number of benzene rings is 2. The normalized spacial score (nSPS) is 10.7. The van der Waals surface area contributed by atoms with E-state index in [0.717, 1.165) is 22.6 Å². The zero-order chi connectivity index (χ0) is 19.1. The van der Waals surface area contributed by atoms with E-state index in [1.165, 1.54) is 0 Å². The first-order chi connectivity index (χ1) is 13.2. The fourth-order valence-corrected chi connectivity index (χ4v) is 2.45. The molecular weight excluding hydrogens is 344 g/mol. The molecule has 0 spiro atoms. The Kier molecular flexibility index (Phi) is 5.84. The molecule has 0 saturated carbocycles. The number of nitrogens with zero attached hydrogens (tertiary/aromatic N) is 2. The van der Waals surface area contributed by atoms with Gasteiger partial charge in [0.2, 0.25) is 0 Å². The molecule has 138 valence electrons. The third kappa shape index (κ3) is 4.52. The first-order valence-corrected chi connectivity index (χ1v) is 8.46. The van der Waals surface area contributed by atoms with Crippen LogP contribution in [0.15, 0.2) is 59.7 Å². The summed E-state index contributed by atoms with van der Waals surface area (Å²) in [6.07, 6.45) is 1.55. The lowest BCUT2D eigenvalue weighted by Gasteiger charge is -2.07. The Morgan fingerprint density at radius 3 is 2.74 bits per heavy atom. The largest absolute Gasteiger partial charge is 0.497 e. The Morgan fingerprint density at radius 1 is 1.22 bits per heavy atom. The second kappa shape index (κ2) is 8.66. The highest BCUT2D eigenvalue weighted by atomic mass is 16.5. The summed E-state index contributed by atoms with van der Waals surface area (Å²) in [6, 6.07) is 16.5. The summed E-state index contributed by atoms with van der Waals surface area (Å²) in [5.41, 5.74) is 5.07. The van der Waals surface area contributed by atoms with Crippen LogP contribution in [0, 0.1) is 0 Å². The maximum atomic E-state index is 12.2. The molecule has 0 radical (unpaired) electrons. The van der Waals surface area contributed by atoms with Crippen LogP contribution in [-0.4, -0.2) is 36.0 Å². The number of aromatic nitrogens is 2. The van der Waals surface area contributed by atoms with E-state index in [0.29, 0.717) is 18.0 Å². The van der Waals surface area contributed by atoms with Gasteiger partial charge in [-0.25, -0.2) is 5.43 Å². The van der Waals surface area contributed by atoms with Gasteiger partial charge < -0.3 is 9.47 Å². The van der Waals surface area contributed by atoms with Gasteiger partial charge in [0, 0.05) is 5.56 Å². The van der Waals surface area contributed by atoms with Gasteiger partial charge in [0.1, 0.15) is 17.2 Å². The van der Waals surface area contributed by atoms with E-state index in [1.807, 2.05) is 55.5 Å². The Balaban J connectivity index is 1.67. The molecule has 1 amide bonds. The fraction of sp³-hybridized carbons (Fsp3) is 0.150. The minimum Gasteiger partial charge on any atom is -0.497 e. The maximum absolute atomic E-state index is 12.2. The lowest BCUT2D eigenvalue weighted by atomic mass is 10.1. The van der Waals surface area contributed by atoms with E-state index in [-0.39, 0.29) is 5.91 Å². The van der Waals surface area contributed by atoms with Crippen molar-refractivity contribution in [3.05, 3.63) is 65.9 Å². The van der Waals surface area contributed by atoms with Gasteiger partial charge in [0.05, 0.1) is 25.6 Å². The lowest BCUT2D eigenvalue weighted by molar-refractivity contribution is 0.0950. The van der Waals surface area contributed by atoms with Gasteiger partial charge in [0.25, 0.3) is 5.91 Å². The molecule has 2 aromatic carbocycles. The Labute approximate surface area is 157 Å². The molecule has 3 rings (SSSR count). The number of nitrogens with one attached hydrogen (secondary N) is 2. The molecule has 0 aliphatic heterocycles. The molecule has 0 aliphatic carbocycles. The third-order valence-electron chi connectivity index (χ3n) is 3.78. The van der Waals surface area contributed by atoms with Crippen LogP contribution in [0.2, 0.25) is 0 Å². The summed E-state index contributed by atoms with van der Waals surface area (Å²) in [6.45, 7) is 2.47. The van der Waals surface area contributed by atoms with E-state index in [4.69, 9.17) is 9.47 Å². The Bertz CT molecular complexity index is 932. The SMILES string of the molecule is CCOc1ccccc1-c1cc(C(=O)NN=Cc2ccc(OC)cc2)[nH]n1. The van der Waals surface area contributed by atoms with Gasteiger partial charge in [-0.1, -0.05) is 12.1 Å². The van der Waals surface area contributed by atoms with Gasteiger partial charge in [-0.05, 0) is 55.0 Å². The molecule has 2 N–H and O–H groups in total. The van der Waals surface area contributed by atoms with Crippen molar-refractivity contribution >= 4 is 12.1 Å². The van der Waals surface area contributed by atoms with Crippen LogP contribution in [0.25, 0.3) is 11.3 Å². The first kappa shape index (κ1) is 18.2. The standard InChI is InChI=1S/C20H20N4O3/c1-3-27-19-7-5-4-6-16(19)17-12-18(23-22-17)20(25)24-21-13-14-8-10-15(26-2)11-9-14/h4-13H,3H2,1-2H3,(H,22,23)(H,24,25). The van der Waals surface area contributed by atoms with Gasteiger partial charge >= 0.3 is 0 Å². The molecule has 0 atom stereocenters. The van der Waals surface area contributed by atoms with Crippen LogP contribution >= 0.6 is 0 Å². The summed E-state index contributed by atoms with van der Waals surface area (Å²) in [4.78, 5) is 12.2. The van der Waals surface area contributed by atoms with Gasteiger partial charge in [-0.2, -0.15) is 10.2 Å². The summed E-state index contributed by atoms with van der Waals surface area (Å²) >= 11 is 0. The molecule has 0 fully saturated rings. The summed E-state index contributed by atoms with van der Waals surface area (Å²) in [5.74, 6) is 1.09. The van der Waals surface area contributed by atoms with Crippen molar-refractivity contribution in [2.75, 3.05) is 13.7 Å². The van der Waals surface area contributed by atoms with E-state index in [2.05, 4.69) is 20.7 Å². The van der Waals surface area contributed by atoms with Crippen LogP contribution in [0.5, 0.6) is 11.5 Å². The van der Waals surface area contributed by atoms with Crippen molar-refractivity contribution in [2.24, 2.45) is 5.10 Å². The monoisotopic (exact) mass is 364 g/mol. The maximum Gasteiger partial charge on any atom is 0.289 e. The average Bonchev–Trinajstić information content (AvgIpc) is 3.19. The number of hydrazone groups is 1. The predicted molar refractivity (Wildman–Crippen MR) is 103 cm³/mol. The van der Waals surface area contributed by atoms with Crippen LogP contribution < -0.4 is 14.9 Å². The number of rotatable bonds is 7. The van der Waals surface area contributed by atoms with E-state index in [1.54, 1.807) is 19.4 Å². The first-order valence-electron chi connectivity index (χ1n) is 8.46. The second-order valence-corrected chi connectivity index (χ2v) is 5.57. The summed E-state index contributed by atoms with van der Waals surface area (Å²) in [7, 11) is 1.61. The second-order valence-electron chi connectivity index (χ2n) is 5.57. The number of methoxy groups -OCH3 is 1. The minimum absolute atomic E-state index is 0.309. The number of para-hydroxylation sites is 1. The molecule has 0 bridgehead atoms. The molecule has 27 heavy (non-hydrogen) atoms. The number of carbonyl (C=O) groups excluding carboxylic acids is 1. The van der Waals surface area contributed by atoms with Crippen molar-refractivity contribution in [3.63, 3.8) is 0 Å². The molecule has 0 unspecified atom stereocenters. The molecule has 7 nitrogen and oxygen atoms in total. The van der Waals surface area contributed by atoms with Crippen molar-refractivity contribution < 1.29 is 14.3 Å². The topological polar surface area (TPSA) is 88.6 Å². The van der Waals surface area contributed by atoms with Crippen molar-refractivity contribution in [1.82, 2.24) is 15.6 Å². The summed E-state index contributed by atoms with van der Waals surface area (Å²) in [5, 5.41) is 10.9. The molecule has 1 heterocycles. The highest BCUT2D eigenvalue weighted by molar-refractivity contribution is 5.94. The van der Waals surface area contributed by atoms with Crippen LogP contribution in [0.1, 0.15) is 23.0 Å². The Morgan fingerprint density at radius 2 is 2.00 bits per heavy atom. The molecular formula is C20H20N4O3. The quantitative estimate of drug-likeness (QED) is 0.497. The fourth-order valence-electron chi connectivity index (χ4n) is 2.45. The number of carbonyl (C=O) groups is 1. The van der Waals surface area contributed by atoms with Gasteiger partial charge in [-0.15, -0.1) is 0 Å². The van der Waals surface area contributed by atoms with E-state index in [9.17, 15) is 4.79 Å².